The Morgan fingerprint density at radius 2 is 1.80 bits per heavy atom. The molecule has 2 aromatic heterocycles. The van der Waals surface area contributed by atoms with Gasteiger partial charge in [0.15, 0.2) is 5.11 Å². The van der Waals surface area contributed by atoms with Gasteiger partial charge in [0.1, 0.15) is 11.3 Å². The van der Waals surface area contributed by atoms with Crippen LogP contribution in [0, 0.1) is 0 Å². The summed E-state index contributed by atoms with van der Waals surface area (Å²) in [6.07, 6.45) is 1.57. The molecule has 7 nitrogen and oxygen atoms in total. The molecule has 5 aromatic rings. The summed E-state index contributed by atoms with van der Waals surface area (Å²) in [6.45, 7) is 0. The second-order valence-corrected chi connectivity index (χ2v) is 7.84. The zero-order chi connectivity index (χ0) is 20.5. The number of nitrogens with one attached hydrogen (secondary N) is 2. The quantitative estimate of drug-likeness (QED) is 0.419. The van der Waals surface area contributed by atoms with Crippen LogP contribution in [0.3, 0.4) is 0 Å². The van der Waals surface area contributed by atoms with E-state index in [1.165, 1.54) is 11.3 Å². The summed E-state index contributed by atoms with van der Waals surface area (Å²) in [5, 5.41) is 21.0. The molecule has 0 bridgehead atoms. The number of anilines is 1. The van der Waals surface area contributed by atoms with E-state index in [4.69, 9.17) is 12.2 Å². The average molecular weight is 431 g/mol. The van der Waals surface area contributed by atoms with Gasteiger partial charge in [0.2, 0.25) is 4.96 Å². The molecular formula is C21H14N6OS2. The molecule has 0 aliphatic rings. The van der Waals surface area contributed by atoms with Crippen LogP contribution in [0.4, 0.5) is 5.69 Å². The molecule has 0 aliphatic carbocycles. The van der Waals surface area contributed by atoms with E-state index in [-0.39, 0.29) is 11.0 Å². The van der Waals surface area contributed by atoms with Gasteiger partial charge in [0.25, 0.3) is 5.91 Å². The molecule has 1 amide bonds. The highest BCUT2D eigenvalue weighted by molar-refractivity contribution is 7.80. The second kappa shape index (κ2) is 7.62. The standard InChI is InChI=1S/C21H14N6OS2/c28-18(17-7-3-5-13-4-1-2-6-16(13)17)24-20(29)23-15-10-8-14(9-11-15)19-26-27-12-22-25-21(27)30-19/h1-12H,(H2,23,24,28,29). The summed E-state index contributed by atoms with van der Waals surface area (Å²) in [5.41, 5.74) is 2.31. The number of fused-ring (bicyclic) bond motifs is 2. The summed E-state index contributed by atoms with van der Waals surface area (Å²) >= 11 is 6.78. The molecule has 0 saturated heterocycles. The number of hydrogen-bond acceptors (Lipinski definition) is 6. The molecule has 0 saturated carbocycles. The number of aromatic nitrogens is 4. The number of nitrogens with zero attached hydrogens (tertiary/aromatic N) is 4. The van der Waals surface area contributed by atoms with Crippen LogP contribution in [0.1, 0.15) is 10.4 Å². The Morgan fingerprint density at radius 3 is 2.63 bits per heavy atom. The molecule has 0 atom stereocenters. The van der Waals surface area contributed by atoms with E-state index >= 15 is 0 Å². The third-order valence-corrected chi connectivity index (χ3v) is 5.70. The maximum absolute atomic E-state index is 12.7. The molecule has 0 aliphatic heterocycles. The maximum Gasteiger partial charge on any atom is 0.258 e. The number of carbonyl (C=O) groups excluding carboxylic acids is 1. The highest BCUT2D eigenvalue weighted by Crippen LogP contribution is 2.26. The van der Waals surface area contributed by atoms with Crippen molar-refractivity contribution in [3.63, 3.8) is 0 Å². The van der Waals surface area contributed by atoms with Crippen molar-refractivity contribution in [1.82, 2.24) is 25.1 Å². The van der Waals surface area contributed by atoms with E-state index < -0.39 is 0 Å². The Labute approximate surface area is 180 Å². The van der Waals surface area contributed by atoms with Crippen molar-refractivity contribution in [3.05, 3.63) is 78.6 Å². The lowest BCUT2D eigenvalue weighted by Gasteiger charge is -2.11. The van der Waals surface area contributed by atoms with Crippen molar-refractivity contribution in [2.24, 2.45) is 0 Å². The summed E-state index contributed by atoms with van der Waals surface area (Å²) in [5.74, 6) is -0.249. The minimum absolute atomic E-state index is 0.236. The Balaban J connectivity index is 1.28. The summed E-state index contributed by atoms with van der Waals surface area (Å²) in [7, 11) is 0. The van der Waals surface area contributed by atoms with Crippen LogP contribution in [0.25, 0.3) is 26.3 Å². The van der Waals surface area contributed by atoms with Crippen molar-refractivity contribution < 1.29 is 4.79 Å². The minimum Gasteiger partial charge on any atom is -0.332 e. The van der Waals surface area contributed by atoms with E-state index in [9.17, 15) is 4.79 Å². The molecule has 30 heavy (non-hydrogen) atoms. The smallest absolute Gasteiger partial charge is 0.258 e. The predicted octanol–water partition coefficient (Wildman–Crippen LogP) is 4.13. The van der Waals surface area contributed by atoms with Gasteiger partial charge in [-0.15, -0.1) is 10.2 Å². The molecule has 0 unspecified atom stereocenters. The van der Waals surface area contributed by atoms with Gasteiger partial charge in [-0.1, -0.05) is 47.7 Å². The lowest BCUT2D eigenvalue weighted by Crippen LogP contribution is -2.34. The van der Waals surface area contributed by atoms with Crippen LogP contribution in [0.15, 0.2) is 73.1 Å². The molecule has 0 radical (unpaired) electrons. The van der Waals surface area contributed by atoms with E-state index in [2.05, 4.69) is 25.9 Å². The zero-order valence-corrected chi connectivity index (χ0v) is 17.1. The molecule has 146 valence electrons. The number of thiocarbonyl (C=S) groups is 1. The Morgan fingerprint density at radius 1 is 1.00 bits per heavy atom. The average Bonchev–Trinajstić information content (AvgIpc) is 3.36. The summed E-state index contributed by atoms with van der Waals surface area (Å²) < 4.78 is 1.64. The Bertz CT molecular complexity index is 1360. The number of carbonyl (C=O) groups is 1. The summed E-state index contributed by atoms with van der Waals surface area (Å²) in [6, 6.07) is 21.0. The molecule has 0 fully saturated rings. The highest BCUT2D eigenvalue weighted by Gasteiger charge is 2.12. The van der Waals surface area contributed by atoms with Gasteiger partial charge in [-0.3, -0.25) is 10.1 Å². The molecule has 3 aromatic carbocycles. The first-order chi connectivity index (χ1) is 14.7. The van der Waals surface area contributed by atoms with E-state index in [1.807, 2.05) is 60.7 Å². The topological polar surface area (TPSA) is 84.2 Å². The van der Waals surface area contributed by atoms with Crippen molar-refractivity contribution in [1.29, 1.82) is 0 Å². The van der Waals surface area contributed by atoms with Gasteiger partial charge in [-0.05, 0) is 53.3 Å². The van der Waals surface area contributed by atoms with E-state index in [0.717, 1.165) is 32.0 Å². The minimum atomic E-state index is -0.249. The number of amides is 1. The lowest BCUT2D eigenvalue weighted by atomic mass is 10.0. The fourth-order valence-electron chi connectivity index (χ4n) is 3.13. The third-order valence-electron chi connectivity index (χ3n) is 4.54. The van der Waals surface area contributed by atoms with Gasteiger partial charge < -0.3 is 5.32 Å². The second-order valence-electron chi connectivity index (χ2n) is 6.48. The third kappa shape index (κ3) is 3.51. The molecule has 2 heterocycles. The fraction of sp³-hybridized carbons (Fsp3) is 0. The molecular weight excluding hydrogens is 416 g/mol. The first-order valence-electron chi connectivity index (χ1n) is 9.05. The SMILES string of the molecule is O=C(NC(=S)Nc1ccc(-c2nn3cnnc3s2)cc1)c1cccc2ccccc12. The van der Waals surface area contributed by atoms with Crippen LogP contribution < -0.4 is 10.6 Å². The predicted molar refractivity (Wildman–Crippen MR) is 122 cm³/mol. The van der Waals surface area contributed by atoms with Crippen LogP contribution in [0.5, 0.6) is 0 Å². The van der Waals surface area contributed by atoms with Crippen LogP contribution in [-0.4, -0.2) is 30.8 Å². The van der Waals surface area contributed by atoms with Crippen molar-refractivity contribution >= 4 is 56.0 Å². The van der Waals surface area contributed by atoms with Crippen LogP contribution in [0.2, 0.25) is 0 Å². The van der Waals surface area contributed by atoms with Gasteiger partial charge in [-0.25, -0.2) is 0 Å². The number of rotatable bonds is 3. The fourth-order valence-corrected chi connectivity index (χ4v) is 4.16. The van der Waals surface area contributed by atoms with Crippen LogP contribution >= 0.6 is 23.6 Å². The van der Waals surface area contributed by atoms with E-state index in [0.29, 0.717) is 5.56 Å². The zero-order valence-electron chi connectivity index (χ0n) is 15.4. The van der Waals surface area contributed by atoms with Gasteiger partial charge in [-0.2, -0.15) is 9.61 Å². The molecule has 9 heteroatoms. The highest BCUT2D eigenvalue weighted by atomic mass is 32.1. The lowest BCUT2D eigenvalue weighted by molar-refractivity contribution is 0.0979. The molecule has 5 rings (SSSR count). The van der Waals surface area contributed by atoms with Crippen molar-refractivity contribution in [2.45, 2.75) is 0 Å². The van der Waals surface area contributed by atoms with Crippen molar-refractivity contribution in [3.8, 4) is 10.6 Å². The summed E-state index contributed by atoms with van der Waals surface area (Å²) in [4.78, 5) is 13.4. The first kappa shape index (κ1) is 18.3. The number of benzene rings is 3. The monoisotopic (exact) mass is 430 g/mol. The van der Waals surface area contributed by atoms with Gasteiger partial charge >= 0.3 is 0 Å². The van der Waals surface area contributed by atoms with Crippen molar-refractivity contribution in [2.75, 3.05) is 5.32 Å². The van der Waals surface area contributed by atoms with Gasteiger partial charge in [0.05, 0.1) is 0 Å². The maximum atomic E-state index is 12.7. The van der Waals surface area contributed by atoms with Crippen LogP contribution in [-0.2, 0) is 0 Å². The molecule has 2 N–H and O–H groups in total. The Kier molecular flexibility index (Phi) is 4.66. The first-order valence-corrected chi connectivity index (χ1v) is 10.3. The van der Waals surface area contributed by atoms with E-state index in [1.54, 1.807) is 16.9 Å². The Hall–Kier alpha value is -3.69. The molecule has 0 spiro atoms. The van der Waals surface area contributed by atoms with Gasteiger partial charge in [0, 0.05) is 16.8 Å². The largest absolute Gasteiger partial charge is 0.332 e. The normalized spacial score (nSPS) is 10.9. The number of hydrogen-bond donors (Lipinski definition) is 2.